The first-order valence-electron chi connectivity index (χ1n) is 6.97. The van der Waals surface area contributed by atoms with E-state index in [4.69, 9.17) is 4.84 Å². The highest BCUT2D eigenvalue weighted by molar-refractivity contribution is 5.95. The minimum atomic E-state index is -4.58. The number of carbonyl (C=O) groups excluding carboxylic acids is 1. The summed E-state index contributed by atoms with van der Waals surface area (Å²) < 4.78 is 52.4. The zero-order chi connectivity index (χ0) is 17.3. The molecule has 7 heteroatoms. The first kappa shape index (κ1) is 16.0. The van der Waals surface area contributed by atoms with Crippen LogP contribution < -0.4 is 5.06 Å². The van der Waals surface area contributed by atoms with E-state index in [0.29, 0.717) is 11.1 Å². The molecule has 0 aliphatic carbocycles. The molecule has 0 bridgehead atoms. The fraction of sp³-hybridized carbons (Fsp3) is 0.118. The maximum atomic E-state index is 13.1. The number of alkyl halides is 3. The normalized spacial score (nSPS) is 15.1. The lowest BCUT2D eigenvalue weighted by Gasteiger charge is -2.29. The van der Waals surface area contributed by atoms with Gasteiger partial charge < -0.3 is 4.84 Å². The second-order valence-corrected chi connectivity index (χ2v) is 5.14. The van der Waals surface area contributed by atoms with Crippen molar-refractivity contribution in [3.63, 3.8) is 0 Å². The van der Waals surface area contributed by atoms with E-state index in [9.17, 15) is 22.4 Å². The third-order valence-corrected chi connectivity index (χ3v) is 3.50. The van der Waals surface area contributed by atoms with Gasteiger partial charge in [0, 0.05) is 6.08 Å². The van der Waals surface area contributed by atoms with Crippen molar-refractivity contribution < 1.29 is 27.2 Å². The zero-order valence-corrected chi connectivity index (χ0v) is 12.2. The number of benzene rings is 2. The van der Waals surface area contributed by atoms with Gasteiger partial charge in [0.1, 0.15) is 5.82 Å². The van der Waals surface area contributed by atoms with Crippen molar-refractivity contribution in [1.82, 2.24) is 0 Å². The minimum Gasteiger partial charge on any atom is -0.336 e. The van der Waals surface area contributed by atoms with Gasteiger partial charge >= 0.3 is 12.1 Å². The van der Waals surface area contributed by atoms with E-state index in [-0.39, 0.29) is 12.2 Å². The predicted molar refractivity (Wildman–Crippen MR) is 79.3 cm³/mol. The Kier molecular flexibility index (Phi) is 4.01. The van der Waals surface area contributed by atoms with Crippen LogP contribution in [0.15, 0.2) is 54.6 Å². The van der Waals surface area contributed by atoms with Gasteiger partial charge in [-0.2, -0.15) is 13.2 Å². The average molecular weight is 337 g/mol. The third kappa shape index (κ3) is 3.24. The van der Waals surface area contributed by atoms with Gasteiger partial charge in [0.2, 0.25) is 0 Å². The van der Waals surface area contributed by atoms with Gasteiger partial charge in [-0.15, -0.1) is 0 Å². The maximum Gasteiger partial charge on any atom is 0.418 e. The fourth-order valence-electron chi connectivity index (χ4n) is 2.41. The lowest BCUT2D eigenvalue weighted by Crippen LogP contribution is -2.33. The number of para-hydroxylation sites is 1. The summed E-state index contributed by atoms with van der Waals surface area (Å²) in [4.78, 5) is 16.7. The first-order chi connectivity index (χ1) is 11.3. The monoisotopic (exact) mass is 337 g/mol. The number of halogens is 4. The molecule has 0 unspecified atom stereocenters. The van der Waals surface area contributed by atoms with Crippen molar-refractivity contribution in [2.75, 3.05) is 11.6 Å². The molecule has 1 aliphatic heterocycles. The highest BCUT2D eigenvalue weighted by atomic mass is 19.4. The van der Waals surface area contributed by atoms with Crippen LogP contribution in [0.2, 0.25) is 0 Å². The van der Waals surface area contributed by atoms with E-state index >= 15 is 0 Å². The summed E-state index contributed by atoms with van der Waals surface area (Å²) in [5.74, 6) is -1.24. The highest BCUT2D eigenvalue weighted by Crippen LogP contribution is 2.38. The van der Waals surface area contributed by atoms with E-state index in [1.165, 1.54) is 48.5 Å². The number of carbonyl (C=O) groups is 1. The largest absolute Gasteiger partial charge is 0.418 e. The Morgan fingerprint density at radius 3 is 2.33 bits per heavy atom. The van der Waals surface area contributed by atoms with Crippen molar-refractivity contribution in [3.05, 3.63) is 71.6 Å². The molecule has 0 atom stereocenters. The van der Waals surface area contributed by atoms with Crippen molar-refractivity contribution in [3.8, 4) is 0 Å². The third-order valence-electron chi connectivity index (χ3n) is 3.50. The molecular weight excluding hydrogens is 326 g/mol. The van der Waals surface area contributed by atoms with Gasteiger partial charge in [0.25, 0.3) is 0 Å². The average Bonchev–Trinajstić information content (AvgIpc) is 2.54. The van der Waals surface area contributed by atoms with Gasteiger partial charge in [-0.05, 0) is 35.4 Å². The van der Waals surface area contributed by atoms with Crippen LogP contribution in [0.4, 0.5) is 23.2 Å². The molecule has 124 valence electrons. The summed E-state index contributed by atoms with van der Waals surface area (Å²) in [5, 5.41) is 0.893. The summed E-state index contributed by atoms with van der Waals surface area (Å²) in [5.41, 5.74) is -0.199. The molecule has 0 amide bonds. The summed E-state index contributed by atoms with van der Waals surface area (Å²) in [6.07, 6.45) is -3.40. The molecule has 0 aromatic heterocycles. The summed E-state index contributed by atoms with van der Waals surface area (Å²) in [6, 6.07) is 10.2. The van der Waals surface area contributed by atoms with E-state index in [0.717, 1.165) is 11.1 Å². The van der Waals surface area contributed by atoms with Crippen LogP contribution in [-0.4, -0.2) is 12.5 Å². The van der Waals surface area contributed by atoms with Crippen molar-refractivity contribution >= 4 is 17.2 Å². The SMILES string of the molecule is O=C1C=C(c2ccc(F)cc2)CN(c2ccccc2C(F)(F)F)O1. The number of nitrogens with zero attached hydrogens (tertiary/aromatic N) is 1. The Morgan fingerprint density at radius 1 is 1.00 bits per heavy atom. The number of hydrogen-bond acceptors (Lipinski definition) is 3. The lowest BCUT2D eigenvalue weighted by atomic mass is 10.0. The molecular formula is C17H11F4NO2. The molecule has 0 fully saturated rings. The Balaban J connectivity index is 1.96. The van der Waals surface area contributed by atoms with E-state index in [1.807, 2.05) is 0 Å². The Hall–Kier alpha value is -2.83. The number of anilines is 1. The smallest absolute Gasteiger partial charge is 0.336 e. The Labute approximate surface area is 134 Å². The van der Waals surface area contributed by atoms with Gasteiger partial charge in [0.05, 0.1) is 17.8 Å². The van der Waals surface area contributed by atoms with Crippen molar-refractivity contribution in [2.24, 2.45) is 0 Å². The molecule has 0 N–H and O–H groups in total. The molecule has 1 heterocycles. The molecule has 0 saturated heterocycles. The Bertz CT molecular complexity index is 797. The highest BCUT2D eigenvalue weighted by Gasteiger charge is 2.36. The zero-order valence-electron chi connectivity index (χ0n) is 12.2. The van der Waals surface area contributed by atoms with Crippen LogP contribution in [0.3, 0.4) is 0 Å². The van der Waals surface area contributed by atoms with Gasteiger partial charge in [-0.1, -0.05) is 24.3 Å². The fourth-order valence-corrected chi connectivity index (χ4v) is 2.41. The Morgan fingerprint density at radius 2 is 1.67 bits per heavy atom. The minimum absolute atomic E-state index is 0.0789. The van der Waals surface area contributed by atoms with Crippen LogP contribution in [0.5, 0.6) is 0 Å². The van der Waals surface area contributed by atoms with E-state index in [1.54, 1.807) is 0 Å². The molecule has 2 aromatic rings. The molecule has 0 spiro atoms. The molecule has 0 radical (unpaired) electrons. The van der Waals surface area contributed by atoms with E-state index < -0.39 is 23.5 Å². The van der Waals surface area contributed by atoms with Crippen molar-refractivity contribution in [1.29, 1.82) is 0 Å². The van der Waals surface area contributed by atoms with E-state index in [2.05, 4.69) is 0 Å². The van der Waals surface area contributed by atoms with Crippen molar-refractivity contribution in [2.45, 2.75) is 6.18 Å². The summed E-state index contributed by atoms with van der Waals surface area (Å²) >= 11 is 0. The molecule has 0 saturated carbocycles. The van der Waals surface area contributed by atoms with Crippen LogP contribution in [0.1, 0.15) is 11.1 Å². The van der Waals surface area contributed by atoms with Gasteiger partial charge in [-0.3, -0.25) is 0 Å². The maximum absolute atomic E-state index is 13.1. The standard InChI is InChI=1S/C17H11F4NO2/c18-13-7-5-11(6-8-13)12-9-16(23)24-22(10-12)15-4-2-1-3-14(15)17(19,20)21/h1-9H,10H2. The predicted octanol–water partition coefficient (Wildman–Crippen LogP) is 4.21. The summed E-state index contributed by atoms with van der Waals surface area (Å²) in [6.45, 7) is -0.0789. The second-order valence-electron chi connectivity index (χ2n) is 5.14. The molecule has 24 heavy (non-hydrogen) atoms. The molecule has 3 rings (SSSR count). The molecule has 1 aliphatic rings. The molecule has 3 nitrogen and oxygen atoms in total. The first-order valence-corrected chi connectivity index (χ1v) is 6.97. The quantitative estimate of drug-likeness (QED) is 0.769. The van der Waals surface area contributed by atoms with Crippen LogP contribution in [0, 0.1) is 5.82 Å². The summed E-state index contributed by atoms with van der Waals surface area (Å²) in [7, 11) is 0. The second kappa shape index (κ2) is 5.99. The lowest BCUT2D eigenvalue weighted by molar-refractivity contribution is -0.143. The van der Waals surface area contributed by atoms with Gasteiger partial charge in [0.15, 0.2) is 0 Å². The number of hydrogen-bond donors (Lipinski definition) is 0. The van der Waals surface area contributed by atoms with Crippen LogP contribution in [-0.2, 0) is 15.8 Å². The topological polar surface area (TPSA) is 29.5 Å². The number of hydroxylamine groups is 1. The van der Waals surface area contributed by atoms with Crippen LogP contribution >= 0.6 is 0 Å². The number of rotatable bonds is 2. The molecule has 2 aromatic carbocycles. The van der Waals surface area contributed by atoms with Gasteiger partial charge in [-0.25, -0.2) is 14.2 Å². The van der Waals surface area contributed by atoms with Crippen LogP contribution in [0.25, 0.3) is 5.57 Å².